The number of fused-ring (bicyclic) bond motifs is 2. The van der Waals surface area contributed by atoms with Gasteiger partial charge in [0.05, 0.1) is 51.2 Å². The van der Waals surface area contributed by atoms with E-state index in [-0.39, 0.29) is 47.9 Å². The highest BCUT2D eigenvalue weighted by molar-refractivity contribution is 6.91. The minimum absolute atomic E-state index is 0.0161. The Balaban J connectivity index is 1.26. The Kier molecular flexibility index (Phi) is 13.2. The lowest BCUT2D eigenvalue weighted by atomic mass is 9.82. The van der Waals surface area contributed by atoms with E-state index in [0.29, 0.717) is 30.9 Å². The molecule has 318 valence electrons. The average molecular weight is 831 g/mol. The fourth-order valence-electron chi connectivity index (χ4n) is 9.81. The zero-order valence-electron chi connectivity index (χ0n) is 36.3. The molecule has 0 saturated carbocycles. The Morgan fingerprint density at radius 2 is 1.87 bits per heavy atom. The van der Waals surface area contributed by atoms with Crippen molar-refractivity contribution in [2.75, 3.05) is 37.0 Å². The van der Waals surface area contributed by atoms with Crippen LogP contribution >= 0.6 is 0 Å². The summed E-state index contributed by atoms with van der Waals surface area (Å²) in [6, 6.07) is 23.9. The van der Waals surface area contributed by atoms with Gasteiger partial charge in [0, 0.05) is 36.5 Å². The van der Waals surface area contributed by atoms with E-state index in [1.54, 1.807) is 7.11 Å². The van der Waals surface area contributed by atoms with Crippen molar-refractivity contribution in [2.45, 2.75) is 109 Å². The van der Waals surface area contributed by atoms with Gasteiger partial charge < -0.3 is 30.1 Å². The molecular formula is C48H62N6O5Si. The number of carbonyl (C=O) groups is 2. The standard InChI is InChI=1S/C48H62N6O5Si/c1-32(2)13-11-14-33(3)24-28-54-43-23-18-36(50-46(56)41-17-12-26-49-41)29-40(43)48(47(54)57)34(4)45(60(6,7)38-21-19-37(58-5)20-22-38)44(59-48)25-27-53-30-42(51-52-53)39(31-55)35-15-9-8-10-16-35/h8-10,13,15-16,18-24,29-30,34,39,41,44-45,49,55H,11-12,14,17,25-28,31H2,1-7H3,(H,50,56)/b33-24+/t34-,39?,41+,44+,45-,48+/m0/s1. The van der Waals surface area contributed by atoms with E-state index in [1.807, 2.05) is 76.4 Å². The molecule has 2 saturated heterocycles. The lowest BCUT2D eigenvalue weighted by Crippen LogP contribution is -2.52. The number of nitrogens with one attached hydrogen (secondary N) is 2. The Hall–Kier alpha value is -4.88. The van der Waals surface area contributed by atoms with Gasteiger partial charge in [0.1, 0.15) is 5.75 Å². The summed E-state index contributed by atoms with van der Waals surface area (Å²) in [7, 11) is -0.740. The molecule has 3 aliphatic rings. The Morgan fingerprint density at radius 3 is 2.55 bits per heavy atom. The molecule has 1 aromatic heterocycles. The lowest BCUT2D eigenvalue weighted by molar-refractivity contribution is -0.145. The number of allylic oxidation sites excluding steroid dienone is 3. The number of nitrogens with zero attached hydrogens (tertiary/aromatic N) is 4. The van der Waals surface area contributed by atoms with Crippen LogP contribution < -0.4 is 25.5 Å². The number of aryl methyl sites for hydroxylation is 1. The van der Waals surface area contributed by atoms with Crippen LogP contribution in [0.2, 0.25) is 18.6 Å². The minimum Gasteiger partial charge on any atom is -0.497 e. The van der Waals surface area contributed by atoms with E-state index in [0.717, 1.165) is 54.8 Å². The van der Waals surface area contributed by atoms with Crippen LogP contribution in [0.3, 0.4) is 0 Å². The molecule has 60 heavy (non-hydrogen) atoms. The predicted octanol–water partition coefficient (Wildman–Crippen LogP) is 7.45. The molecule has 1 unspecified atom stereocenters. The molecular weight excluding hydrogens is 769 g/mol. The van der Waals surface area contributed by atoms with E-state index in [1.165, 1.54) is 16.3 Å². The van der Waals surface area contributed by atoms with E-state index in [9.17, 15) is 9.90 Å². The number of carbonyl (C=O) groups excluding carboxylic acids is 2. The molecule has 2 amide bonds. The summed E-state index contributed by atoms with van der Waals surface area (Å²) >= 11 is 0. The maximum atomic E-state index is 15.4. The van der Waals surface area contributed by atoms with E-state index in [4.69, 9.17) is 9.47 Å². The third-order valence-corrected chi connectivity index (χ3v) is 17.5. The third kappa shape index (κ3) is 8.65. The summed E-state index contributed by atoms with van der Waals surface area (Å²) in [6.45, 7) is 15.0. The number of benzene rings is 3. The summed E-state index contributed by atoms with van der Waals surface area (Å²) < 4.78 is 14.8. The van der Waals surface area contributed by atoms with Gasteiger partial charge in [0.25, 0.3) is 5.91 Å². The van der Waals surface area contributed by atoms with E-state index in [2.05, 4.69) is 86.0 Å². The maximum Gasteiger partial charge on any atom is 0.264 e. The van der Waals surface area contributed by atoms with Gasteiger partial charge in [-0.2, -0.15) is 0 Å². The largest absolute Gasteiger partial charge is 0.497 e. The first-order valence-electron chi connectivity index (χ1n) is 21.5. The highest BCUT2D eigenvalue weighted by Gasteiger charge is 2.66. The van der Waals surface area contributed by atoms with Crippen molar-refractivity contribution >= 4 is 36.4 Å². The Morgan fingerprint density at radius 1 is 1.10 bits per heavy atom. The fourth-order valence-corrected chi connectivity index (χ4v) is 13.9. The van der Waals surface area contributed by atoms with Gasteiger partial charge in [0.15, 0.2) is 5.60 Å². The highest BCUT2D eigenvalue weighted by Crippen LogP contribution is 2.60. The van der Waals surface area contributed by atoms with Gasteiger partial charge in [-0.15, -0.1) is 5.10 Å². The molecule has 11 nitrogen and oxygen atoms in total. The second-order valence-corrected chi connectivity index (χ2v) is 22.3. The SMILES string of the molecule is COc1ccc([Si](C)(C)[C@@H]2[C@@H](CCn3cc(C(CO)c4ccccc4)nn3)O[C@]3(C(=O)N(C/C=C(\C)CCC=C(C)C)c4ccc(NC(=O)[C@H]5CCCN5)cc43)[C@H]2C)cc1. The molecule has 1 spiro atoms. The number of ether oxygens (including phenoxy) is 2. The second kappa shape index (κ2) is 18.4. The van der Waals surface area contributed by atoms with E-state index >= 15 is 4.79 Å². The summed E-state index contributed by atoms with van der Waals surface area (Å²) in [5.74, 6) is 0.166. The minimum atomic E-state index is -2.42. The molecule has 3 aliphatic heterocycles. The zero-order chi connectivity index (χ0) is 42.6. The van der Waals surface area contributed by atoms with Crippen molar-refractivity contribution in [3.8, 4) is 5.75 Å². The van der Waals surface area contributed by atoms with Gasteiger partial charge in [-0.3, -0.25) is 14.3 Å². The van der Waals surface area contributed by atoms with Gasteiger partial charge in [-0.25, -0.2) is 0 Å². The lowest BCUT2D eigenvalue weighted by Gasteiger charge is -2.37. The van der Waals surface area contributed by atoms with E-state index < -0.39 is 13.7 Å². The summed E-state index contributed by atoms with van der Waals surface area (Å²) in [6.07, 6.45) is 10.2. The smallest absolute Gasteiger partial charge is 0.264 e. The number of aliphatic hydroxyl groups is 1. The van der Waals surface area contributed by atoms with Gasteiger partial charge in [-0.1, -0.05) is 96.2 Å². The molecule has 6 atom stereocenters. The van der Waals surface area contributed by atoms with Gasteiger partial charge in [-0.05, 0) is 101 Å². The number of rotatable bonds is 16. The Labute approximate surface area is 356 Å². The van der Waals surface area contributed by atoms with Crippen LogP contribution in [0.25, 0.3) is 0 Å². The quantitative estimate of drug-likeness (QED) is 0.0785. The summed E-state index contributed by atoms with van der Waals surface area (Å²) in [5.41, 5.74) is 5.21. The van der Waals surface area contributed by atoms with Crippen molar-refractivity contribution in [2.24, 2.45) is 5.92 Å². The van der Waals surface area contributed by atoms with Crippen molar-refractivity contribution < 1.29 is 24.2 Å². The van der Waals surface area contributed by atoms with Crippen molar-refractivity contribution in [3.63, 3.8) is 0 Å². The van der Waals surface area contributed by atoms with Crippen molar-refractivity contribution in [1.82, 2.24) is 20.3 Å². The van der Waals surface area contributed by atoms with Crippen LogP contribution in [0.5, 0.6) is 5.75 Å². The van der Waals surface area contributed by atoms with Crippen LogP contribution in [0, 0.1) is 5.92 Å². The number of anilines is 2. The highest BCUT2D eigenvalue weighted by atomic mass is 28.3. The molecule has 7 rings (SSSR count). The van der Waals surface area contributed by atoms with Gasteiger partial charge in [0.2, 0.25) is 5.91 Å². The number of hydrogen-bond acceptors (Lipinski definition) is 8. The van der Waals surface area contributed by atoms with Crippen LogP contribution in [-0.2, 0) is 26.5 Å². The van der Waals surface area contributed by atoms with Crippen LogP contribution in [0.1, 0.15) is 82.5 Å². The fraction of sp³-hybridized carbons (Fsp3) is 0.458. The van der Waals surface area contributed by atoms with Crippen LogP contribution in [-0.4, -0.2) is 78.9 Å². The topological polar surface area (TPSA) is 131 Å². The molecule has 0 bridgehead atoms. The molecule has 3 N–H and O–H groups in total. The summed E-state index contributed by atoms with van der Waals surface area (Å²) in [4.78, 5) is 30.7. The number of aromatic nitrogens is 3. The summed E-state index contributed by atoms with van der Waals surface area (Å²) in [5, 5.41) is 27.1. The number of methoxy groups -OCH3 is 1. The molecule has 4 aromatic rings. The molecule has 2 fully saturated rings. The monoisotopic (exact) mass is 830 g/mol. The van der Waals surface area contributed by atoms with Crippen molar-refractivity contribution in [1.29, 1.82) is 0 Å². The average Bonchev–Trinajstić information content (AvgIpc) is 4.05. The second-order valence-electron chi connectivity index (χ2n) is 17.7. The van der Waals surface area contributed by atoms with Crippen LogP contribution in [0.15, 0.2) is 102 Å². The molecule has 4 heterocycles. The first-order valence-corrected chi connectivity index (χ1v) is 24.6. The zero-order valence-corrected chi connectivity index (χ0v) is 37.3. The van der Waals surface area contributed by atoms with Gasteiger partial charge >= 0.3 is 0 Å². The molecule has 0 radical (unpaired) electrons. The number of hydrogen-bond donors (Lipinski definition) is 3. The number of amides is 2. The first-order chi connectivity index (χ1) is 28.9. The predicted molar refractivity (Wildman–Crippen MR) is 240 cm³/mol. The molecule has 3 aromatic carbocycles. The maximum absolute atomic E-state index is 15.4. The van der Waals surface area contributed by atoms with Crippen molar-refractivity contribution in [3.05, 3.63) is 119 Å². The first kappa shape index (κ1) is 43.2. The normalized spacial score (nSPS) is 23.2. The Bertz CT molecular complexity index is 2190. The molecule has 0 aliphatic carbocycles. The number of aliphatic hydroxyl groups excluding tert-OH is 1. The molecule has 12 heteroatoms. The van der Waals surface area contributed by atoms with Crippen LogP contribution in [0.4, 0.5) is 11.4 Å². The third-order valence-electron chi connectivity index (χ3n) is 13.1.